The maximum atomic E-state index is 13.2. The first kappa shape index (κ1) is 34.6. The fraction of sp³-hybridized carbons (Fsp3) is 0.645. The van der Waals surface area contributed by atoms with E-state index in [-0.39, 0.29) is 36.4 Å². The number of esters is 1. The molecular formula is C31H48N4O7. The lowest BCUT2D eigenvalue weighted by molar-refractivity contribution is -0.149. The summed E-state index contributed by atoms with van der Waals surface area (Å²) in [5.41, 5.74) is -0.706. The third kappa shape index (κ3) is 12.9. The second-order valence-electron chi connectivity index (χ2n) is 12.7. The molecule has 1 aliphatic rings. The molecule has 2 rings (SSSR count). The van der Waals surface area contributed by atoms with Crippen molar-refractivity contribution in [2.24, 2.45) is 16.8 Å². The lowest BCUT2D eigenvalue weighted by atomic mass is 9.90. The molecule has 1 aliphatic carbocycles. The number of unbranched alkanes of at least 4 members (excludes halogenated alkanes) is 1. The van der Waals surface area contributed by atoms with Crippen LogP contribution < -0.4 is 16.0 Å². The van der Waals surface area contributed by atoms with Crippen LogP contribution in [0.5, 0.6) is 0 Å². The monoisotopic (exact) mass is 588 g/mol. The number of alkyl carbamates (subject to hydrolysis) is 2. The zero-order chi connectivity index (χ0) is 31.5. The van der Waals surface area contributed by atoms with Crippen molar-refractivity contribution in [1.29, 1.82) is 0 Å². The highest BCUT2D eigenvalue weighted by Gasteiger charge is 2.43. The predicted molar refractivity (Wildman–Crippen MR) is 160 cm³/mol. The molecule has 1 aromatic carbocycles. The van der Waals surface area contributed by atoms with Gasteiger partial charge in [-0.15, -0.1) is 0 Å². The number of guanidine groups is 1. The van der Waals surface area contributed by atoms with E-state index in [9.17, 15) is 19.2 Å². The van der Waals surface area contributed by atoms with Crippen LogP contribution >= 0.6 is 0 Å². The molecule has 3 N–H and O–H groups in total. The summed E-state index contributed by atoms with van der Waals surface area (Å²) in [6.45, 7) is 14.0. The highest BCUT2D eigenvalue weighted by molar-refractivity contribution is 6.01. The average molecular weight is 589 g/mol. The molecule has 0 aromatic heterocycles. The van der Waals surface area contributed by atoms with Crippen molar-refractivity contribution >= 4 is 30.0 Å². The van der Waals surface area contributed by atoms with Crippen LogP contribution in [0.25, 0.3) is 0 Å². The van der Waals surface area contributed by atoms with Crippen LogP contribution in [0.2, 0.25) is 0 Å². The third-order valence-electron chi connectivity index (χ3n) is 6.44. The summed E-state index contributed by atoms with van der Waals surface area (Å²) in [4.78, 5) is 55.4. The van der Waals surface area contributed by atoms with Crippen molar-refractivity contribution in [3.63, 3.8) is 0 Å². The third-order valence-corrected chi connectivity index (χ3v) is 6.44. The summed E-state index contributed by atoms with van der Waals surface area (Å²) in [6.07, 6.45) is 1.57. The summed E-state index contributed by atoms with van der Waals surface area (Å²) < 4.78 is 16.4. The van der Waals surface area contributed by atoms with E-state index in [4.69, 9.17) is 19.2 Å². The van der Waals surface area contributed by atoms with Gasteiger partial charge >= 0.3 is 18.2 Å². The molecule has 11 heteroatoms. The number of nitrogens with zero attached hydrogens (tertiary/aromatic N) is 1. The molecule has 0 radical (unpaired) electrons. The first-order valence-electron chi connectivity index (χ1n) is 14.6. The average Bonchev–Trinajstić information content (AvgIpc) is 3.26. The Morgan fingerprint density at radius 1 is 0.929 bits per heavy atom. The van der Waals surface area contributed by atoms with Gasteiger partial charge in [-0.3, -0.25) is 20.2 Å². The number of amides is 3. The lowest BCUT2D eigenvalue weighted by Gasteiger charge is -2.28. The molecule has 0 bridgehead atoms. The van der Waals surface area contributed by atoms with Crippen LogP contribution in [-0.4, -0.2) is 53.3 Å². The topological polar surface area (TPSA) is 144 Å². The molecule has 11 nitrogen and oxygen atoms in total. The molecule has 0 saturated heterocycles. The van der Waals surface area contributed by atoms with Gasteiger partial charge in [0.1, 0.15) is 17.8 Å². The van der Waals surface area contributed by atoms with Gasteiger partial charge in [0.25, 0.3) is 0 Å². The van der Waals surface area contributed by atoms with Gasteiger partial charge in [-0.25, -0.2) is 14.6 Å². The van der Waals surface area contributed by atoms with E-state index in [1.54, 1.807) is 41.5 Å². The molecule has 1 saturated carbocycles. The van der Waals surface area contributed by atoms with Gasteiger partial charge in [-0.2, -0.15) is 0 Å². The van der Waals surface area contributed by atoms with Crippen LogP contribution in [0.1, 0.15) is 93.1 Å². The van der Waals surface area contributed by atoms with E-state index in [0.29, 0.717) is 19.3 Å². The van der Waals surface area contributed by atoms with Gasteiger partial charge < -0.3 is 19.5 Å². The predicted octanol–water partition coefficient (Wildman–Crippen LogP) is 5.22. The summed E-state index contributed by atoms with van der Waals surface area (Å²) in [6, 6.07) is 8.60. The van der Waals surface area contributed by atoms with Crippen molar-refractivity contribution in [3.05, 3.63) is 35.9 Å². The largest absolute Gasteiger partial charge is 0.461 e. The molecule has 234 valence electrons. The zero-order valence-corrected chi connectivity index (χ0v) is 26.2. The molecule has 1 aromatic rings. The zero-order valence-electron chi connectivity index (χ0n) is 26.2. The first-order chi connectivity index (χ1) is 19.6. The number of carbonyl (C=O) groups is 4. The Kier molecular flexibility index (Phi) is 12.8. The van der Waals surface area contributed by atoms with Crippen molar-refractivity contribution in [2.45, 2.75) is 117 Å². The van der Waals surface area contributed by atoms with Crippen LogP contribution in [0.3, 0.4) is 0 Å². The van der Waals surface area contributed by atoms with E-state index in [0.717, 1.165) is 18.4 Å². The molecule has 4 atom stereocenters. The second-order valence-corrected chi connectivity index (χ2v) is 12.7. The highest BCUT2D eigenvalue weighted by Crippen LogP contribution is 2.38. The van der Waals surface area contributed by atoms with Crippen molar-refractivity contribution in [1.82, 2.24) is 16.0 Å². The normalized spacial score (nSPS) is 19.2. The molecule has 42 heavy (non-hydrogen) atoms. The summed E-state index contributed by atoms with van der Waals surface area (Å²) in [5.74, 6) is -1.46. The maximum Gasteiger partial charge on any atom is 0.414 e. The van der Waals surface area contributed by atoms with Crippen LogP contribution in [0.15, 0.2) is 35.3 Å². The smallest absolute Gasteiger partial charge is 0.414 e. The quantitative estimate of drug-likeness (QED) is 0.155. The van der Waals surface area contributed by atoms with Gasteiger partial charge in [-0.1, -0.05) is 50.1 Å². The van der Waals surface area contributed by atoms with E-state index < -0.39 is 35.3 Å². The standard InChI is InChI=1S/C31H48N4O7/c1-9-10-16-24(32-20(2)36)23-17-22(26(37)40-19-21-14-12-11-13-15-21)18-25(23)33-27(34-28(38)41-30(3,4)5)35-29(39)42-31(6,7)8/h11-15,22-25H,9-10,16-19H2,1-8H3,(H,32,36)(H2,33,34,35,38,39)/t22-,23+,24+,25-/m1/s1. The number of rotatable bonds is 9. The molecule has 1 fully saturated rings. The summed E-state index contributed by atoms with van der Waals surface area (Å²) >= 11 is 0. The molecule has 0 unspecified atom stereocenters. The van der Waals surface area contributed by atoms with Crippen LogP contribution in [0, 0.1) is 11.8 Å². The van der Waals surface area contributed by atoms with Gasteiger partial charge in [0, 0.05) is 18.9 Å². The van der Waals surface area contributed by atoms with Crippen molar-refractivity contribution in [3.8, 4) is 0 Å². The van der Waals surface area contributed by atoms with E-state index in [2.05, 4.69) is 22.9 Å². The fourth-order valence-electron chi connectivity index (χ4n) is 4.81. The maximum absolute atomic E-state index is 13.2. The number of hydrogen-bond acceptors (Lipinski definition) is 8. The second kappa shape index (κ2) is 15.6. The Morgan fingerprint density at radius 3 is 2.00 bits per heavy atom. The number of aliphatic imine (C=N–C) groups is 1. The molecule has 3 amide bonds. The minimum atomic E-state index is -0.810. The Balaban J connectivity index is 2.39. The van der Waals surface area contributed by atoms with E-state index >= 15 is 0 Å². The number of carbonyl (C=O) groups excluding carboxylic acids is 4. The van der Waals surface area contributed by atoms with Crippen LogP contribution in [0.4, 0.5) is 9.59 Å². The number of benzene rings is 1. The first-order valence-corrected chi connectivity index (χ1v) is 14.6. The van der Waals surface area contributed by atoms with Gasteiger partial charge in [0.2, 0.25) is 11.9 Å². The van der Waals surface area contributed by atoms with E-state index in [1.165, 1.54) is 6.92 Å². The van der Waals surface area contributed by atoms with Crippen molar-refractivity contribution < 1.29 is 33.4 Å². The minimum Gasteiger partial charge on any atom is -0.461 e. The highest BCUT2D eigenvalue weighted by atomic mass is 16.6. The molecule has 0 spiro atoms. The molecule has 0 aliphatic heterocycles. The molecule has 0 heterocycles. The fourth-order valence-corrected chi connectivity index (χ4v) is 4.81. The number of nitrogens with one attached hydrogen (secondary N) is 3. The summed E-state index contributed by atoms with van der Waals surface area (Å²) in [7, 11) is 0. The Bertz CT molecular complexity index is 1060. The molecular weight excluding hydrogens is 540 g/mol. The Morgan fingerprint density at radius 2 is 1.50 bits per heavy atom. The van der Waals surface area contributed by atoms with Crippen molar-refractivity contribution in [2.75, 3.05) is 0 Å². The van der Waals surface area contributed by atoms with Gasteiger partial charge in [0.05, 0.1) is 12.0 Å². The Hall–Kier alpha value is -3.63. The van der Waals surface area contributed by atoms with Crippen LogP contribution in [-0.2, 0) is 30.4 Å². The SMILES string of the molecule is CCCC[C@H](NC(C)=O)[C@@H]1C[C@@H](C(=O)OCc2ccccc2)C[C@H]1N=C(NC(=O)OC(C)(C)C)NC(=O)OC(C)(C)C. The number of ether oxygens (including phenoxy) is 3. The van der Waals surface area contributed by atoms with Gasteiger partial charge in [-0.05, 0) is 66.4 Å². The number of hydrogen-bond donors (Lipinski definition) is 3. The van der Waals surface area contributed by atoms with Gasteiger partial charge in [0.15, 0.2) is 0 Å². The summed E-state index contributed by atoms with van der Waals surface area (Å²) in [5, 5.41) is 8.09. The van der Waals surface area contributed by atoms with E-state index in [1.807, 2.05) is 30.3 Å². The lowest BCUT2D eigenvalue weighted by Crippen LogP contribution is -2.48. The Labute approximate surface area is 249 Å². The minimum absolute atomic E-state index is 0.144.